The van der Waals surface area contributed by atoms with Crippen LogP contribution in [-0.2, 0) is 12.0 Å². The van der Waals surface area contributed by atoms with E-state index in [0.29, 0.717) is 6.54 Å². The van der Waals surface area contributed by atoms with E-state index in [1.807, 2.05) is 31.2 Å². The van der Waals surface area contributed by atoms with Gasteiger partial charge in [-0.2, -0.15) is 0 Å². The van der Waals surface area contributed by atoms with Crippen molar-refractivity contribution >= 4 is 17.4 Å². The summed E-state index contributed by atoms with van der Waals surface area (Å²) >= 11 is 1.57. The normalized spacial score (nSPS) is 12.5. The van der Waals surface area contributed by atoms with Crippen molar-refractivity contribution in [1.82, 2.24) is 15.6 Å². The maximum atomic E-state index is 12.1. The lowest BCUT2D eigenvalue weighted by atomic mass is 9.93. The third kappa shape index (κ3) is 4.71. The molecule has 0 bridgehead atoms. The molecule has 0 saturated heterocycles. The molecule has 2 rings (SSSR count). The average Bonchev–Trinajstić information content (AvgIpc) is 3.03. The summed E-state index contributed by atoms with van der Waals surface area (Å²) < 4.78 is 5.28. The number of para-hydroxylation sites is 1. The van der Waals surface area contributed by atoms with Crippen LogP contribution in [0.3, 0.4) is 0 Å². The zero-order chi connectivity index (χ0) is 17.7. The van der Waals surface area contributed by atoms with Crippen molar-refractivity contribution in [3.8, 4) is 5.75 Å². The van der Waals surface area contributed by atoms with Gasteiger partial charge in [-0.3, -0.25) is 0 Å². The van der Waals surface area contributed by atoms with Gasteiger partial charge in [-0.1, -0.05) is 39.0 Å². The Kier molecular flexibility index (Phi) is 5.83. The Morgan fingerprint density at radius 2 is 2.04 bits per heavy atom. The minimum absolute atomic E-state index is 0.0145. The molecular weight excluding hydrogens is 322 g/mol. The topological polar surface area (TPSA) is 63.2 Å². The molecule has 24 heavy (non-hydrogen) atoms. The summed E-state index contributed by atoms with van der Waals surface area (Å²) in [6.07, 6.45) is 0. The molecule has 0 aliphatic heterocycles. The van der Waals surface area contributed by atoms with Gasteiger partial charge in [0, 0.05) is 22.9 Å². The van der Waals surface area contributed by atoms with Crippen LogP contribution in [0.4, 0.5) is 4.79 Å². The Balaban J connectivity index is 1.91. The predicted octanol–water partition coefficient (Wildman–Crippen LogP) is 4.01. The number of ether oxygens (including phenoxy) is 1. The maximum Gasteiger partial charge on any atom is 0.315 e. The van der Waals surface area contributed by atoms with Gasteiger partial charge in [-0.15, -0.1) is 11.3 Å². The number of carbonyl (C=O) groups is 1. The van der Waals surface area contributed by atoms with Gasteiger partial charge in [-0.05, 0) is 13.0 Å². The van der Waals surface area contributed by atoms with E-state index in [2.05, 4.69) is 41.8 Å². The smallest absolute Gasteiger partial charge is 0.315 e. The zero-order valence-electron chi connectivity index (χ0n) is 14.8. The third-order valence-corrected chi connectivity index (χ3v) is 4.67. The highest BCUT2D eigenvalue weighted by Crippen LogP contribution is 2.26. The van der Waals surface area contributed by atoms with Crippen LogP contribution in [0.25, 0.3) is 0 Å². The summed E-state index contributed by atoms with van der Waals surface area (Å²) in [4.78, 5) is 16.8. The Labute approximate surface area is 147 Å². The molecule has 0 saturated carbocycles. The third-order valence-electron chi connectivity index (χ3n) is 3.64. The summed E-state index contributed by atoms with van der Waals surface area (Å²) in [5.74, 6) is 0.764. The van der Waals surface area contributed by atoms with E-state index in [0.717, 1.165) is 22.0 Å². The molecule has 2 aromatic rings. The Bertz CT molecular complexity index is 692. The van der Waals surface area contributed by atoms with E-state index in [1.54, 1.807) is 18.4 Å². The molecule has 5 nitrogen and oxygen atoms in total. The van der Waals surface area contributed by atoms with Gasteiger partial charge < -0.3 is 15.4 Å². The van der Waals surface area contributed by atoms with E-state index >= 15 is 0 Å². The highest BCUT2D eigenvalue weighted by atomic mass is 32.1. The molecule has 1 aromatic heterocycles. The molecule has 0 aliphatic carbocycles. The number of thiazole rings is 1. The second kappa shape index (κ2) is 7.66. The van der Waals surface area contributed by atoms with Crippen molar-refractivity contribution in [3.63, 3.8) is 0 Å². The first-order valence-electron chi connectivity index (χ1n) is 7.93. The molecule has 0 fully saturated rings. The molecule has 1 heterocycles. The number of amides is 2. The van der Waals surface area contributed by atoms with Crippen molar-refractivity contribution in [3.05, 3.63) is 45.9 Å². The lowest BCUT2D eigenvalue weighted by molar-refractivity contribution is 0.237. The molecule has 6 heteroatoms. The van der Waals surface area contributed by atoms with Crippen LogP contribution in [-0.4, -0.2) is 18.1 Å². The largest absolute Gasteiger partial charge is 0.496 e. The lowest BCUT2D eigenvalue weighted by Gasteiger charge is -2.16. The van der Waals surface area contributed by atoms with Crippen molar-refractivity contribution < 1.29 is 9.53 Å². The van der Waals surface area contributed by atoms with E-state index in [4.69, 9.17) is 4.74 Å². The van der Waals surface area contributed by atoms with Gasteiger partial charge in [0.2, 0.25) is 0 Å². The SMILES string of the molecule is COc1ccccc1CNC(=O)NC(C)c1nc(C(C)(C)C)cs1. The second-order valence-corrected chi connectivity index (χ2v) is 7.57. The van der Waals surface area contributed by atoms with Crippen LogP contribution in [0, 0.1) is 0 Å². The molecule has 0 spiro atoms. The number of rotatable bonds is 5. The van der Waals surface area contributed by atoms with Gasteiger partial charge in [0.1, 0.15) is 10.8 Å². The molecule has 1 atom stereocenters. The van der Waals surface area contributed by atoms with Crippen LogP contribution >= 0.6 is 11.3 Å². The Hall–Kier alpha value is -2.08. The number of methoxy groups -OCH3 is 1. The molecule has 1 unspecified atom stereocenters. The summed E-state index contributed by atoms with van der Waals surface area (Å²) in [5.41, 5.74) is 2.00. The number of benzene rings is 1. The Morgan fingerprint density at radius 3 is 2.67 bits per heavy atom. The van der Waals surface area contributed by atoms with Gasteiger partial charge in [-0.25, -0.2) is 9.78 Å². The number of nitrogens with zero attached hydrogens (tertiary/aromatic N) is 1. The molecule has 130 valence electrons. The first-order valence-corrected chi connectivity index (χ1v) is 8.81. The molecular formula is C18H25N3O2S. The first kappa shape index (κ1) is 18.3. The number of nitrogens with one attached hydrogen (secondary N) is 2. The average molecular weight is 347 g/mol. The maximum absolute atomic E-state index is 12.1. The second-order valence-electron chi connectivity index (χ2n) is 6.68. The standard InChI is InChI=1S/C18H25N3O2S/c1-12(16-21-15(11-24-16)18(2,3)4)20-17(22)19-10-13-8-6-7-9-14(13)23-5/h6-9,11-12H,10H2,1-5H3,(H2,19,20,22). The van der Waals surface area contributed by atoms with E-state index < -0.39 is 0 Å². The number of hydrogen-bond acceptors (Lipinski definition) is 4. The molecule has 0 radical (unpaired) electrons. The number of hydrogen-bond donors (Lipinski definition) is 2. The summed E-state index contributed by atoms with van der Waals surface area (Å²) in [6.45, 7) is 8.74. The zero-order valence-corrected chi connectivity index (χ0v) is 15.7. The fraction of sp³-hybridized carbons (Fsp3) is 0.444. The molecule has 2 N–H and O–H groups in total. The van der Waals surface area contributed by atoms with Crippen molar-refractivity contribution in [2.45, 2.75) is 45.7 Å². The lowest BCUT2D eigenvalue weighted by Crippen LogP contribution is -2.36. The minimum Gasteiger partial charge on any atom is -0.496 e. The van der Waals surface area contributed by atoms with Gasteiger partial charge in [0.15, 0.2) is 0 Å². The van der Waals surface area contributed by atoms with Gasteiger partial charge in [0.05, 0.1) is 18.8 Å². The fourth-order valence-electron chi connectivity index (χ4n) is 2.16. The van der Waals surface area contributed by atoms with Crippen LogP contribution in [0.15, 0.2) is 29.6 Å². The van der Waals surface area contributed by atoms with Crippen LogP contribution in [0.2, 0.25) is 0 Å². The highest BCUT2D eigenvalue weighted by molar-refractivity contribution is 7.09. The first-order chi connectivity index (χ1) is 11.3. The van der Waals surface area contributed by atoms with E-state index in [1.165, 1.54) is 0 Å². The summed E-state index contributed by atoms with van der Waals surface area (Å²) in [6, 6.07) is 7.27. The monoisotopic (exact) mass is 347 g/mol. The van der Waals surface area contributed by atoms with Gasteiger partial charge >= 0.3 is 6.03 Å². The van der Waals surface area contributed by atoms with Crippen LogP contribution in [0.1, 0.15) is 50.0 Å². The van der Waals surface area contributed by atoms with Crippen molar-refractivity contribution in [1.29, 1.82) is 0 Å². The van der Waals surface area contributed by atoms with Crippen LogP contribution in [0.5, 0.6) is 5.75 Å². The molecule has 0 aliphatic rings. The quantitative estimate of drug-likeness (QED) is 0.859. The number of aromatic nitrogens is 1. The van der Waals surface area contributed by atoms with Crippen molar-refractivity contribution in [2.24, 2.45) is 0 Å². The number of urea groups is 1. The fourth-order valence-corrected chi connectivity index (χ4v) is 3.22. The van der Waals surface area contributed by atoms with E-state index in [-0.39, 0.29) is 17.5 Å². The van der Waals surface area contributed by atoms with Crippen molar-refractivity contribution in [2.75, 3.05) is 7.11 Å². The summed E-state index contributed by atoms with van der Waals surface area (Å²) in [7, 11) is 1.62. The van der Waals surface area contributed by atoms with Gasteiger partial charge in [0.25, 0.3) is 0 Å². The molecule has 2 amide bonds. The summed E-state index contributed by atoms with van der Waals surface area (Å²) in [5, 5.41) is 8.75. The highest BCUT2D eigenvalue weighted by Gasteiger charge is 2.20. The van der Waals surface area contributed by atoms with E-state index in [9.17, 15) is 4.79 Å². The molecule has 1 aromatic carbocycles. The predicted molar refractivity (Wildman–Crippen MR) is 97.6 cm³/mol. The minimum atomic E-state index is -0.221. The number of carbonyl (C=O) groups excluding carboxylic acids is 1. The Morgan fingerprint density at radius 1 is 1.33 bits per heavy atom. The van der Waals surface area contributed by atoms with Crippen LogP contribution < -0.4 is 15.4 Å².